The van der Waals surface area contributed by atoms with Crippen LogP contribution in [0.3, 0.4) is 0 Å². The molecule has 0 radical (unpaired) electrons. The fraction of sp³-hybridized carbons (Fsp3) is 0.467. The van der Waals surface area contributed by atoms with Gasteiger partial charge in [0, 0.05) is 0 Å². The summed E-state index contributed by atoms with van der Waals surface area (Å²) in [5.74, 6) is 0.708. The van der Waals surface area contributed by atoms with E-state index in [2.05, 4.69) is 10.3 Å². The molecule has 1 spiro atoms. The van der Waals surface area contributed by atoms with Crippen molar-refractivity contribution in [3.8, 4) is 0 Å². The number of hydrogen-bond donors (Lipinski definition) is 2. The van der Waals surface area contributed by atoms with Crippen molar-refractivity contribution in [3.05, 3.63) is 35.9 Å². The Balaban J connectivity index is 1.74. The van der Waals surface area contributed by atoms with Crippen LogP contribution in [0.15, 0.2) is 35.3 Å². The van der Waals surface area contributed by atoms with Gasteiger partial charge < -0.3 is 11.1 Å². The molecular weight excluding hydrogens is 238 g/mol. The monoisotopic (exact) mass is 257 g/mol. The van der Waals surface area contributed by atoms with Crippen LogP contribution in [0.25, 0.3) is 0 Å². The number of aliphatic imine (C=N–C) groups is 1. The van der Waals surface area contributed by atoms with Gasteiger partial charge in [-0.15, -0.1) is 0 Å². The van der Waals surface area contributed by atoms with E-state index in [9.17, 15) is 4.79 Å². The molecule has 1 fully saturated rings. The fourth-order valence-electron chi connectivity index (χ4n) is 2.98. The number of rotatable bonds is 3. The number of carbonyl (C=O) groups is 1. The van der Waals surface area contributed by atoms with Crippen molar-refractivity contribution in [3.63, 3.8) is 0 Å². The molecule has 2 aliphatic rings. The molecule has 100 valence electrons. The third-order valence-corrected chi connectivity index (χ3v) is 4.08. The van der Waals surface area contributed by atoms with Crippen LogP contribution in [0.1, 0.15) is 31.2 Å². The lowest BCUT2D eigenvalue weighted by atomic mass is 9.99. The van der Waals surface area contributed by atoms with Crippen LogP contribution in [0.2, 0.25) is 0 Å². The normalized spacial score (nSPS) is 22.4. The smallest absolute Gasteiger partial charge is 0.253 e. The second-order valence-electron chi connectivity index (χ2n) is 5.49. The van der Waals surface area contributed by atoms with Crippen LogP contribution in [-0.2, 0) is 11.2 Å². The molecule has 1 atom stereocenters. The lowest BCUT2D eigenvalue weighted by Gasteiger charge is -2.14. The molecule has 0 aromatic heterocycles. The Kier molecular flexibility index (Phi) is 3.11. The van der Waals surface area contributed by atoms with Crippen LogP contribution in [0.5, 0.6) is 0 Å². The number of nitrogens with zero attached hydrogens (tertiary/aromatic N) is 1. The van der Waals surface area contributed by atoms with Crippen LogP contribution in [0, 0.1) is 0 Å². The summed E-state index contributed by atoms with van der Waals surface area (Å²) < 4.78 is 0. The van der Waals surface area contributed by atoms with Gasteiger partial charge in [0.05, 0.1) is 6.04 Å². The highest BCUT2D eigenvalue weighted by molar-refractivity contribution is 6.10. The van der Waals surface area contributed by atoms with Crippen LogP contribution in [-0.4, -0.2) is 23.3 Å². The predicted octanol–water partition coefficient (Wildman–Crippen LogP) is 1.40. The number of nitrogens with one attached hydrogen (secondary N) is 1. The molecule has 1 heterocycles. The molecule has 0 bridgehead atoms. The van der Waals surface area contributed by atoms with E-state index in [1.807, 2.05) is 30.3 Å². The average Bonchev–Trinajstić information content (AvgIpc) is 3.01. The molecule has 3 N–H and O–H groups in total. The molecule has 1 saturated carbocycles. The van der Waals surface area contributed by atoms with Crippen molar-refractivity contribution >= 4 is 11.7 Å². The van der Waals surface area contributed by atoms with Crippen LogP contribution >= 0.6 is 0 Å². The molecule has 0 saturated heterocycles. The molecule has 1 aromatic carbocycles. The number of carbonyl (C=O) groups excluding carboxylic acids is 1. The molecule has 4 heteroatoms. The van der Waals surface area contributed by atoms with E-state index in [4.69, 9.17) is 5.73 Å². The van der Waals surface area contributed by atoms with E-state index in [0.717, 1.165) is 25.7 Å². The first-order valence-electron chi connectivity index (χ1n) is 6.90. The van der Waals surface area contributed by atoms with Gasteiger partial charge in [0.2, 0.25) is 0 Å². The summed E-state index contributed by atoms with van der Waals surface area (Å²) in [7, 11) is 0. The van der Waals surface area contributed by atoms with Crippen LogP contribution in [0.4, 0.5) is 0 Å². The topological polar surface area (TPSA) is 67.5 Å². The Hall–Kier alpha value is -1.68. The van der Waals surface area contributed by atoms with Crippen molar-refractivity contribution in [2.75, 3.05) is 0 Å². The summed E-state index contributed by atoms with van der Waals surface area (Å²) in [6, 6.07) is 9.83. The second kappa shape index (κ2) is 4.78. The number of benzene rings is 1. The Bertz CT molecular complexity index is 503. The van der Waals surface area contributed by atoms with E-state index in [0.29, 0.717) is 12.3 Å². The van der Waals surface area contributed by atoms with Gasteiger partial charge in [-0.05, 0) is 24.8 Å². The van der Waals surface area contributed by atoms with E-state index in [-0.39, 0.29) is 11.9 Å². The van der Waals surface area contributed by atoms with Crippen molar-refractivity contribution in [1.82, 2.24) is 5.32 Å². The summed E-state index contributed by atoms with van der Waals surface area (Å²) in [5, 5.41) is 2.89. The highest BCUT2D eigenvalue weighted by atomic mass is 16.2. The zero-order valence-corrected chi connectivity index (χ0v) is 10.9. The minimum Gasteiger partial charge on any atom is -0.321 e. The van der Waals surface area contributed by atoms with Crippen LogP contribution < -0.4 is 11.1 Å². The third-order valence-electron chi connectivity index (χ3n) is 4.08. The first-order chi connectivity index (χ1) is 9.20. The number of amides is 1. The Morgan fingerprint density at radius 1 is 1.26 bits per heavy atom. The first-order valence-corrected chi connectivity index (χ1v) is 6.90. The molecule has 0 unspecified atom stereocenters. The van der Waals surface area contributed by atoms with E-state index >= 15 is 0 Å². The summed E-state index contributed by atoms with van der Waals surface area (Å²) in [6.07, 6.45) is 4.59. The quantitative estimate of drug-likeness (QED) is 0.859. The minimum absolute atomic E-state index is 0.0449. The van der Waals surface area contributed by atoms with Gasteiger partial charge in [0.25, 0.3) is 5.91 Å². The maximum absolute atomic E-state index is 12.1. The van der Waals surface area contributed by atoms with E-state index in [1.165, 1.54) is 5.56 Å². The Morgan fingerprint density at radius 3 is 2.63 bits per heavy atom. The maximum atomic E-state index is 12.1. The van der Waals surface area contributed by atoms with Gasteiger partial charge in [-0.1, -0.05) is 43.2 Å². The second-order valence-corrected chi connectivity index (χ2v) is 5.49. The van der Waals surface area contributed by atoms with Crippen molar-refractivity contribution < 1.29 is 4.79 Å². The number of amidine groups is 1. The van der Waals surface area contributed by atoms with Gasteiger partial charge in [-0.3, -0.25) is 9.79 Å². The summed E-state index contributed by atoms with van der Waals surface area (Å²) in [4.78, 5) is 16.7. The first kappa shape index (κ1) is 12.4. The largest absolute Gasteiger partial charge is 0.321 e. The molecular formula is C15H19N3O. The molecule has 1 aliphatic heterocycles. The molecule has 1 aliphatic carbocycles. The van der Waals surface area contributed by atoms with Crippen molar-refractivity contribution in [2.24, 2.45) is 10.7 Å². The summed E-state index contributed by atoms with van der Waals surface area (Å²) in [5.41, 5.74) is 6.85. The van der Waals surface area contributed by atoms with E-state index < -0.39 is 5.54 Å². The van der Waals surface area contributed by atoms with Crippen molar-refractivity contribution in [2.45, 2.75) is 43.7 Å². The highest BCUT2D eigenvalue weighted by Gasteiger charge is 2.46. The van der Waals surface area contributed by atoms with Gasteiger partial charge in [0.1, 0.15) is 11.4 Å². The average molecular weight is 257 g/mol. The van der Waals surface area contributed by atoms with Gasteiger partial charge in [-0.25, -0.2) is 0 Å². The van der Waals surface area contributed by atoms with E-state index in [1.54, 1.807) is 0 Å². The predicted molar refractivity (Wildman–Crippen MR) is 74.9 cm³/mol. The molecule has 1 aromatic rings. The number of nitrogens with two attached hydrogens (primary N) is 1. The van der Waals surface area contributed by atoms with Crippen molar-refractivity contribution in [1.29, 1.82) is 0 Å². The molecule has 3 rings (SSSR count). The lowest BCUT2D eigenvalue weighted by Crippen LogP contribution is -2.43. The standard InChI is InChI=1S/C15H19N3O/c16-12(10-11-6-2-1-3-7-11)13-17-14(19)15(18-13)8-4-5-9-15/h1-3,6-7,12H,4-5,8-10,16H2,(H,17,18,19)/t12-/m0/s1. The summed E-state index contributed by atoms with van der Waals surface area (Å²) >= 11 is 0. The lowest BCUT2D eigenvalue weighted by molar-refractivity contribution is -0.123. The Labute approximate surface area is 113 Å². The Morgan fingerprint density at radius 2 is 1.95 bits per heavy atom. The third kappa shape index (κ3) is 2.28. The summed E-state index contributed by atoms with van der Waals surface area (Å²) in [6.45, 7) is 0. The zero-order valence-electron chi connectivity index (χ0n) is 10.9. The molecule has 4 nitrogen and oxygen atoms in total. The molecule has 19 heavy (non-hydrogen) atoms. The zero-order chi connectivity index (χ0) is 13.3. The maximum Gasteiger partial charge on any atom is 0.253 e. The minimum atomic E-state index is -0.496. The van der Waals surface area contributed by atoms with Gasteiger partial charge >= 0.3 is 0 Å². The highest BCUT2D eigenvalue weighted by Crippen LogP contribution is 2.36. The molecule has 1 amide bonds. The van der Waals surface area contributed by atoms with Gasteiger partial charge in [0.15, 0.2) is 0 Å². The van der Waals surface area contributed by atoms with Gasteiger partial charge in [-0.2, -0.15) is 0 Å². The number of hydrogen-bond acceptors (Lipinski definition) is 3. The fourth-order valence-corrected chi connectivity index (χ4v) is 2.98. The SMILES string of the molecule is N[C@@H](Cc1ccccc1)C1=NC2(CCCC2)C(=O)N1.